The molecule has 1 rings (SSSR count). The highest BCUT2D eigenvalue weighted by atomic mass is 16.5. The number of carbonyl (C=O) groups is 3. The van der Waals surface area contributed by atoms with Gasteiger partial charge in [-0.05, 0) is 6.92 Å². The molecule has 1 aliphatic heterocycles. The number of hydrogen-bond donors (Lipinski definition) is 1. The average Bonchev–Trinajstić information content (AvgIpc) is 2.45. The van der Waals surface area contributed by atoms with Crippen LogP contribution in [0.4, 0.5) is 0 Å². The normalized spacial score (nSPS) is 14.6. The van der Waals surface area contributed by atoms with E-state index >= 15 is 0 Å². The van der Waals surface area contributed by atoms with Gasteiger partial charge in [0.1, 0.15) is 0 Å². The molecule has 1 aliphatic rings. The summed E-state index contributed by atoms with van der Waals surface area (Å²) >= 11 is 0. The van der Waals surface area contributed by atoms with Crippen molar-refractivity contribution in [1.29, 1.82) is 0 Å². The second kappa shape index (κ2) is 4.54. The molecule has 2 amide bonds. The van der Waals surface area contributed by atoms with Crippen molar-refractivity contribution in [2.45, 2.75) is 13.3 Å². The Morgan fingerprint density at radius 2 is 2.20 bits per heavy atom. The standard InChI is InChI=1S/C10H11NO4/c1-6(2)10(14)15-4-3-7-5-8(12)11-9(7)13/h5H,1,3-4H2,2H3,(H,11,12,13). The fourth-order valence-corrected chi connectivity index (χ4v) is 1.01. The first-order valence-corrected chi connectivity index (χ1v) is 4.39. The van der Waals surface area contributed by atoms with E-state index in [2.05, 4.69) is 11.9 Å². The Hall–Kier alpha value is -1.91. The summed E-state index contributed by atoms with van der Waals surface area (Å²) < 4.78 is 4.78. The lowest BCUT2D eigenvalue weighted by molar-refractivity contribution is -0.139. The van der Waals surface area contributed by atoms with E-state index in [0.29, 0.717) is 11.1 Å². The molecular formula is C10H11NO4. The molecule has 0 saturated carbocycles. The van der Waals surface area contributed by atoms with Gasteiger partial charge < -0.3 is 4.74 Å². The maximum atomic E-state index is 11.0. The van der Waals surface area contributed by atoms with Crippen molar-refractivity contribution >= 4 is 17.8 Å². The largest absolute Gasteiger partial charge is 0.462 e. The molecule has 0 radical (unpaired) electrons. The quantitative estimate of drug-likeness (QED) is 0.404. The van der Waals surface area contributed by atoms with Gasteiger partial charge in [-0.2, -0.15) is 0 Å². The SMILES string of the molecule is C=C(C)C(=O)OCCC1=CC(=O)NC1=O. The van der Waals surface area contributed by atoms with E-state index in [4.69, 9.17) is 4.74 Å². The zero-order chi connectivity index (χ0) is 11.4. The third-order valence-corrected chi connectivity index (χ3v) is 1.79. The van der Waals surface area contributed by atoms with Crippen molar-refractivity contribution < 1.29 is 19.1 Å². The molecule has 0 bridgehead atoms. The van der Waals surface area contributed by atoms with Crippen molar-refractivity contribution in [3.05, 3.63) is 23.8 Å². The summed E-state index contributed by atoms with van der Waals surface area (Å²) in [5.41, 5.74) is 0.630. The van der Waals surface area contributed by atoms with Gasteiger partial charge in [0, 0.05) is 23.6 Å². The first-order valence-electron chi connectivity index (χ1n) is 4.39. The van der Waals surface area contributed by atoms with Gasteiger partial charge in [0.25, 0.3) is 11.8 Å². The van der Waals surface area contributed by atoms with E-state index in [9.17, 15) is 14.4 Å². The van der Waals surface area contributed by atoms with Gasteiger partial charge in [0.05, 0.1) is 6.61 Å². The smallest absolute Gasteiger partial charge is 0.333 e. The van der Waals surface area contributed by atoms with Gasteiger partial charge in [0.2, 0.25) is 0 Å². The van der Waals surface area contributed by atoms with Crippen molar-refractivity contribution in [2.75, 3.05) is 6.61 Å². The molecule has 80 valence electrons. The molecule has 5 nitrogen and oxygen atoms in total. The van der Waals surface area contributed by atoms with E-state index in [1.54, 1.807) is 0 Å². The fourth-order valence-electron chi connectivity index (χ4n) is 1.01. The van der Waals surface area contributed by atoms with Crippen LogP contribution in [-0.2, 0) is 19.1 Å². The lowest BCUT2D eigenvalue weighted by Gasteiger charge is -2.03. The molecule has 15 heavy (non-hydrogen) atoms. The van der Waals surface area contributed by atoms with E-state index in [1.807, 2.05) is 0 Å². The zero-order valence-corrected chi connectivity index (χ0v) is 8.33. The number of ether oxygens (including phenoxy) is 1. The second-order valence-corrected chi connectivity index (χ2v) is 3.15. The molecule has 0 atom stereocenters. The summed E-state index contributed by atoms with van der Waals surface area (Å²) in [6.07, 6.45) is 1.44. The predicted molar refractivity (Wildman–Crippen MR) is 51.6 cm³/mol. The molecule has 5 heteroatoms. The number of amides is 2. The van der Waals surface area contributed by atoms with Crippen molar-refractivity contribution in [1.82, 2.24) is 5.32 Å². The van der Waals surface area contributed by atoms with Crippen LogP contribution < -0.4 is 5.32 Å². The molecule has 1 N–H and O–H groups in total. The molecule has 0 saturated heterocycles. The van der Waals surface area contributed by atoms with E-state index in [-0.39, 0.29) is 13.0 Å². The molecule has 0 aromatic heterocycles. The van der Waals surface area contributed by atoms with Crippen molar-refractivity contribution in [3.63, 3.8) is 0 Å². The topological polar surface area (TPSA) is 72.5 Å². The Morgan fingerprint density at radius 3 is 2.67 bits per heavy atom. The Labute approximate surface area is 86.8 Å². The number of hydrogen-bond acceptors (Lipinski definition) is 4. The van der Waals surface area contributed by atoms with Crippen LogP contribution in [0, 0.1) is 0 Å². The van der Waals surface area contributed by atoms with Crippen LogP contribution in [0.1, 0.15) is 13.3 Å². The molecule has 0 fully saturated rings. The van der Waals surface area contributed by atoms with Gasteiger partial charge in [0.15, 0.2) is 0 Å². The minimum Gasteiger partial charge on any atom is -0.462 e. The molecule has 0 aromatic rings. The highest BCUT2D eigenvalue weighted by molar-refractivity contribution is 6.16. The van der Waals surface area contributed by atoms with Crippen LogP contribution in [0.3, 0.4) is 0 Å². The summed E-state index contributed by atoms with van der Waals surface area (Å²) in [5.74, 6) is -1.35. The summed E-state index contributed by atoms with van der Waals surface area (Å²) in [4.78, 5) is 32.7. The summed E-state index contributed by atoms with van der Waals surface area (Å²) in [6, 6.07) is 0. The molecule has 1 heterocycles. The Balaban J connectivity index is 2.36. The van der Waals surface area contributed by atoms with Crippen LogP contribution in [-0.4, -0.2) is 24.4 Å². The minimum atomic E-state index is -0.500. The molecule has 0 aliphatic carbocycles. The zero-order valence-electron chi connectivity index (χ0n) is 8.33. The first-order chi connectivity index (χ1) is 7.00. The number of nitrogens with one attached hydrogen (secondary N) is 1. The van der Waals surface area contributed by atoms with Crippen LogP contribution in [0.15, 0.2) is 23.8 Å². The maximum absolute atomic E-state index is 11.0. The van der Waals surface area contributed by atoms with Crippen LogP contribution >= 0.6 is 0 Å². The third-order valence-electron chi connectivity index (χ3n) is 1.79. The van der Waals surface area contributed by atoms with Crippen molar-refractivity contribution in [3.8, 4) is 0 Å². The third kappa shape index (κ3) is 3.05. The number of imide groups is 1. The van der Waals surface area contributed by atoms with Gasteiger partial charge in [-0.1, -0.05) is 6.58 Å². The predicted octanol–water partition coefficient (Wildman–Crippen LogP) is 0.0786. The monoisotopic (exact) mass is 209 g/mol. The Kier molecular flexibility index (Phi) is 3.38. The lowest BCUT2D eigenvalue weighted by atomic mass is 10.2. The Bertz CT molecular complexity index is 368. The Morgan fingerprint density at radius 1 is 1.53 bits per heavy atom. The number of esters is 1. The van der Waals surface area contributed by atoms with Gasteiger partial charge in [-0.15, -0.1) is 0 Å². The van der Waals surface area contributed by atoms with Gasteiger partial charge in [-0.3, -0.25) is 14.9 Å². The molecular weight excluding hydrogens is 198 g/mol. The van der Waals surface area contributed by atoms with E-state index < -0.39 is 17.8 Å². The average molecular weight is 209 g/mol. The van der Waals surface area contributed by atoms with Gasteiger partial charge in [-0.25, -0.2) is 4.79 Å². The maximum Gasteiger partial charge on any atom is 0.333 e. The van der Waals surface area contributed by atoms with Crippen LogP contribution in [0.2, 0.25) is 0 Å². The molecule has 0 unspecified atom stereocenters. The van der Waals surface area contributed by atoms with Crippen molar-refractivity contribution in [2.24, 2.45) is 0 Å². The second-order valence-electron chi connectivity index (χ2n) is 3.15. The minimum absolute atomic E-state index is 0.0677. The van der Waals surface area contributed by atoms with Crippen LogP contribution in [0.5, 0.6) is 0 Å². The van der Waals surface area contributed by atoms with Gasteiger partial charge >= 0.3 is 5.97 Å². The van der Waals surface area contributed by atoms with E-state index in [1.165, 1.54) is 13.0 Å². The lowest BCUT2D eigenvalue weighted by Crippen LogP contribution is -2.22. The van der Waals surface area contributed by atoms with E-state index in [0.717, 1.165) is 0 Å². The fraction of sp³-hybridized carbons (Fsp3) is 0.300. The molecule has 0 aromatic carbocycles. The summed E-state index contributed by atoms with van der Waals surface area (Å²) in [6.45, 7) is 5.01. The van der Waals surface area contributed by atoms with Crippen LogP contribution in [0.25, 0.3) is 0 Å². The first kappa shape index (κ1) is 11.2. The molecule has 0 spiro atoms. The number of rotatable bonds is 4. The summed E-state index contributed by atoms with van der Waals surface area (Å²) in [5, 5.41) is 2.10. The highest BCUT2D eigenvalue weighted by Gasteiger charge is 2.20. The summed E-state index contributed by atoms with van der Waals surface area (Å²) in [7, 11) is 0. The highest BCUT2D eigenvalue weighted by Crippen LogP contribution is 2.07. The number of carbonyl (C=O) groups excluding carboxylic acids is 3.